The first-order valence-corrected chi connectivity index (χ1v) is 11.9. The molecule has 0 bridgehead atoms. The van der Waals surface area contributed by atoms with Gasteiger partial charge in [-0.25, -0.2) is 4.79 Å². The van der Waals surface area contributed by atoms with Gasteiger partial charge in [0.1, 0.15) is 5.75 Å². The van der Waals surface area contributed by atoms with E-state index in [0.717, 1.165) is 12.3 Å². The Kier molecular flexibility index (Phi) is 7.93. The number of piperazine rings is 2. The summed E-state index contributed by atoms with van der Waals surface area (Å²) in [6, 6.07) is 8.04. The average molecular weight is 441 g/mol. The van der Waals surface area contributed by atoms with Crippen LogP contribution in [0, 0.1) is 0 Å². The molecule has 2 heterocycles. The van der Waals surface area contributed by atoms with E-state index in [4.69, 9.17) is 9.47 Å². The summed E-state index contributed by atoms with van der Waals surface area (Å²) in [5.74, 6) is 0.861. The minimum Gasteiger partial charge on any atom is -0.494 e. The van der Waals surface area contributed by atoms with E-state index in [1.54, 1.807) is 16.1 Å². The van der Waals surface area contributed by atoms with Gasteiger partial charge in [0.2, 0.25) is 0 Å². The maximum Gasteiger partial charge on any atom is 0.409 e. The van der Waals surface area contributed by atoms with E-state index in [2.05, 4.69) is 17.0 Å². The Morgan fingerprint density at radius 3 is 1.97 bits per heavy atom. The predicted octanol–water partition coefficient (Wildman–Crippen LogP) is 1.22. The third-order valence-corrected chi connectivity index (χ3v) is 7.42. The Bertz CT molecular complexity index is 786. The van der Waals surface area contributed by atoms with Crippen LogP contribution in [0.15, 0.2) is 24.3 Å². The highest BCUT2D eigenvalue weighted by molar-refractivity contribution is 7.86. The van der Waals surface area contributed by atoms with Crippen molar-refractivity contribution >= 4 is 16.3 Å². The molecule has 0 spiro atoms. The van der Waals surface area contributed by atoms with Crippen LogP contribution in [-0.2, 0) is 21.5 Å². The van der Waals surface area contributed by atoms with Crippen LogP contribution in [-0.4, -0.2) is 98.5 Å². The van der Waals surface area contributed by atoms with Gasteiger partial charge in [0.15, 0.2) is 0 Å². The van der Waals surface area contributed by atoms with E-state index >= 15 is 0 Å². The van der Waals surface area contributed by atoms with Gasteiger partial charge >= 0.3 is 6.09 Å². The maximum absolute atomic E-state index is 13.0. The number of benzene rings is 1. The lowest BCUT2D eigenvalue weighted by Crippen LogP contribution is -2.57. The van der Waals surface area contributed by atoms with Gasteiger partial charge in [-0.05, 0) is 31.5 Å². The number of amides is 1. The lowest BCUT2D eigenvalue weighted by molar-refractivity contribution is 0.0915. The minimum atomic E-state index is -3.51. The molecule has 3 rings (SSSR count). The normalized spacial score (nSPS) is 19.6. The van der Waals surface area contributed by atoms with Gasteiger partial charge in [-0.1, -0.05) is 12.1 Å². The first kappa shape index (κ1) is 22.8. The summed E-state index contributed by atoms with van der Waals surface area (Å²) in [5, 5.41) is 0. The van der Waals surface area contributed by atoms with Crippen molar-refractivity contribution < 1.29 is 22.7 Å². The molecule has 10 heteroatoms. The van der Waals surface area contributed by atoms with Gasteiger partial charge in [0.25, 0.3) is 10.2 Å². The van der Waals surface area contributed by atoms with Gasteiger partial charge in [0, 0.05) is 58.9 Å². The molecule has 0 radical (unpaired) electrons. The molecule has 9 nitrogen and oxygen atoms in total. The third kappa shape index (κ3) is 5.63. The molecule has 0 saturated carbocycles. The Balaban J connectivity index is 1.47. The van der Waals surface area contributed by atoms with E-state index in [1.165, 1.54) is 9.87 Å². The zero-order valence-electron chi connectivity index (χ0n) is 17.8. The summed E-state index contributed by atoms with van der Waals surface area (Å²) in [6.45, 7) is 9.10. The molecule has 1 aromatic carbocycles. The Morgan fingerprint density at radius 2 is 1.43 bits per heavy atom. The Hall–Kier alpha value is -1.88. The maximum atomic E-state index is 13.0. The molecule has 2 fully saturated rings. The van der Waals surface area contributed by atoms with Crippen molar-refractivity contribution in [2.45, 2.75) is 20.4 Å². The van der Waals surface area contributed by atoms with Crippen molar-refractivity contribution in [3.63, 3.8) is 0 Å². The second-order valence-electron chi connectivity index (χ2n) is 7.34. The summed E-state index contributed by atoms with van der Waals surface area (Å²) >= 11 is 0. The van der Waals surface area contributed by atoms with Crippen LogP contribution in [0.3, 0.4) is 0 Å². The smallest absolute Gasteiger partial charge is 0.409 e. The Labute approximate surface area is 179 Å². The second kappa shape index (κ2) is 10.4. The fourth-order valence-corrected chi connectivity index (χ4v) is 5.29. The van der Waals surface area contributed by atoms with Crippen molar-refractivity contribution in [3.8, 4) is 5.75 Å². The predicted molar refractivity (Wildman–Crippen MR) is 114 cm³/mol. The van der Waals surface area contributed by atoms with Gasteiger partial charge in [-0.2, -0.15) is 17.0 Å². The largest absolute Gasteiger partial charge is 0.494 e. The van der Waals surface area contributed by atoms with Crippen LogP contribution in [0.25, 0.3) is 0 Å². The minimum absolute atomic E-state index is 0.299. The van der Waals surface area contributed by atoms with Crippen LogP contribution >= 0.6 is 0 Å². The van der Waals surface area contributed by atoms with E-state index < -0.39 is 10.2 Å². The molecule has 0 N–H and O–H groups in total. The Morgan fingerprint density at radius 1 is 0.867 bits per heavy atom. The number of hydrogen-bond donors (Lipinski definition) is 0. The molecular weight excluding hydrogens is 408 g/mol. The lowest BCUT2D eigenvalue weighted by Gasteiger charge is -2.39. The quantitative estimate of drug-likeness (QED) is 0.634. The van der Waals surface area contributed by atoms with Gasteiger partial charge < -0.3 is 14.4 Å². The summed E-state index contributed by atoms with van der Waals surface area (Å²) in [4.78, 5) is 15.6. The molecule has 30 heavy (non-hydrogen) atoms. The number of hydrogen-bond acceptors (Lipinski definition) is 6. The zero-order chi connectivity index (χ0) is 21.6. The van der Waals surface area contributed by atoms with Crippen LogP contribution in [0.4, 0.5) is 4.79 Å². The zero-order valence-corrected chi connectivity index (χ0v) is 18.6. The van der Waals surface area contributed by atoms with Crippen LogP contribution in [0.1, 0.15) is 19.4 Å². The van der Waals surface area contributed by atoms with Crippen molar-refractivity contribution in [1.29, 1.82) is 0 Å². The molecule has 0 unspecified atom stereocenters. The highest BCUT2D eigenvalue weighted by Gasteiger charge is 2.35. The topological polar surface area (TPSA) is 82.6 Å². The van der Waals surface area contributed by atoms with E-state index in [0.29, 0.717) is 65.6 Å². The highest BCUT2D eigenvalue weighted by atomic mass is 32.2. The molecule has 168 valence electrons. The molecule has 0 atom stereocenters. The van der Waals surface area contributed by atoms with E-state index in [1.807, 2.05) is 19.1 Å². The molecular formula is C20H32N4O5S. The molecule has 2 aliphatic rings. The van der Waals surface area contributed by atoms with E-state index in [-0.39, 0.29) is 6.09 Å². The standard InChI is InChI=1S/C20H32N4O5S/c1-3-28-19-7-5-18(6-8-19)17-21-9-13-23(14-10-21)30(26,27)24-15-11-22(12-16-24)20(25)29-4-2/h5-8H,3-4,9-17H2,1-2H3. The highest BCUT2D eigenvalue weighted by Crippen LogP contribution is 2.18. The lowest BCUT2D eigenvalue weighted by atomic mass is 10.2. The van der Waals surface area contributed by atoms with Crippen LogP contribution in [0.5, 0.6) is 5.75 Å². The number of carbonyl (C=O) groups is 1. The first-order chi connectivity index (χ1) is 14.4. The first-order valence-electron chi connectivity index (χ1n) is 10.5. The summed E-state index contributed by atoms with van der Waals surface area (Å²) < 4.78 is 39.5. The average Bonchev–Trinajstić information content (AvgIpc) is 2.76. The third-order valence-electron chi connectivity index (χ3n) is 5.39. The van der Waals surface area contributed by atoms with Crippen LogP contribution in [0.2, 0.25) is 0 Å². The van der Waals surface area contributed by atoms with Crippen molar-refractivity contribution in [1.82, 2.24) is 18.4 Å². The second-order valence-corrected chi connectivity index (χ2v) is 9.27. The summed E-state index contributed by atoms with van der Waals surface area (Å²) in [6.07, 6.45) is -0.377. The van der Waals surface area contributed by atoms with E-state index in [9.17, 15) is 13.2 Å². The number of rotatable bonds is 7. The van der Waals surface area contributed by atoms with Gasteiger partial charge in [-0.15, -0.1) is 0 Å². The number of ether oxygens (including phenoxy) is 2. The molecule has 2 saturated heterocycles. The number of carbonyl (C=O) groups excluding carboxylic acids is 1. The SMILES string of the molecule is CCOC(=O)N1CCN(S(=O)(=O)N2CCN(Cc3ccc(OCC)cc3)CC2)CC1. The summed E-state index contributed by atoms with van der Waals surface area (Å²) in [5.41, 5.74) is 1.19. The summed E-state index contributed by atoms with van der Waals surface area (Å²) in [7, 11) is -3.51. The fraction of sp³-hybridized carbons (Fsp3) is 0.650. The van der Waals surface area contributed by atoms with Gasteiger partial charge in [0.05, 0.1) is 13.2 Å². The number of nitrogens with zero attached hydrogens (tertiary/aromatic N) is 4. The monoisotopic (exact) mass is 440 g/mol. The molecule has 2 aliphatic heterocycles. The van der Waals surface area contributed by atoms with Crippen molar-refractivity contribution in [3.05, 3.63) is 29.8 Å². The van der Waals surface area contributed by atoms with Crippen LogP contribution < -0.4 is 4.74 Å². The fourth-order valence-electron chi connectivity index (χ4n) is 3.71. The van der Waals surface area contributed by atoms with Gasteiger partial charge in [-0.3, -0.25) is 4.90 Å². The molecule has 0 aliphatic carbocycles. The molecule has 1 aromatic rings. The van der Waals surface area contributed by atoms with Crippen molar-refractivity contribution in [2.24, 2.45) is 0 Å². The molecule has 0 aromatic heterocycles. The molecule has 1 amide bonds. The van der Waals surface area contributed by atoms with Crippen molar-refractivity contribution in [2.75, 3.05) is 65.6 Å².